The second kappa shape index (κ2) is 10.4. The normalized spacial score (nSPS) is 22.1. The van der Waals surface area contributed by atoms with Crippen LogP contribution in [0.2, 0.25) is 126 Å². The fraction of sp³-hybridized carbons (Fsp3) is 1.00. The van der Waals surface area contributed by atoms with E-state index in [0.717, 1.165) is 12.3 Å². The minimum Gasteiger partial charge on any atom is -0.157 e. The second-order valence-electron chi connectivity index (χ2n) is 21.0. The van der Waals surface area contributed by atoms with Crippen LogP contribution in [0.15, 0.2) is 0 Å². The molecule has 0 amide bonds. The molecular weight excluding hydrogens is 588 g/mol. The molecule has 1 aliphatic heterocycles. The standard InChI is InChI=1S/C28H72B2P2Si6/c1-25(2,3)31-29(27(33(7,8)9,34(10,11)12)35(13,14)15)32(26(4,5)6)30(31)28(36(16,17)18,37(19,20)21)38(22,23)24/h1-24H3. The number of hydrogen-bond acceptors (Lipinski definition) is 0. The van der Waals surface area contributed by atoms with Crippen molar-refractivity contribution < 1.29 is 0 Å². The zero-order valence-corrected chi connectivity index (χ0v) is 38.8. The molecule has 0 nitrogen and oxygen atoms in total. The third-order valence-corrected chi connectivity index (χ3v) is 66.1. The van der Waals surface area contributed by atoms with Crippen LogP contribution in [0.3, 0.4) is 0 Å². The van der Waals surface area contributed by atoms with Crippen molar-refractivity contribution in [2.75, 3.05) is 0 Å². The third kappa shape index (κ3) is 5.74. The topological polar surface area (TPSA) is 0 Å². The monoisotopic (exact) mass is 660 g/mol. The third-order valence-electron chi connectivity index (χ3n) is 10.5. The van der Waals surface area contributed by atoms with E-state index in [0.29, 0.717) is 18.7 Å². The summed E-state index contributed by atoms with van der Waals surface area (Å²) in [4.78, 5) is 0. The molecule has 0 aliphatic carbocycles. The molecule has 1 heterocycles. The first kappa shape index (κ1) is 38.3. The van der Waals surface area contributed by atoms with Crippen molar-refractivity contribution in [3.8, 4) is 0 Å². The van der Waals surface area contributed by atoms with Gasteiger partial charge in [-0.25, -0.2) is 0 Å². The molecule has 0 unspecified atom stereocenters. The number of hydrogen-bond donors (Lipinski definition) is 0. The Balaban J connectivity index is 4.59. The lowest BCUT2D eigenvalue weighted by Crippen LogP contribution is -2.80. The van der Waals surface area contributed by atoms with Crippen LogP contribution in [0, 0.1) is 0 Å². The summed E-state index contributed by atoms with van der Waals surface area (Å²) in [6, 6.07) is 0. The summed E-state index contributed by atoms with van der Waals surface area (Å²) in [5.74, 6) is 0. The molecule has 1 aliphatic rings. The number of rotatable bonds is 8. The highest BCUT2D eigenvalue weighted by Crippen LogP contribution is 2.94. The Morgan fingerprint density at radius 3 is 0.526 bits per heavy atom. The van der Waals surface area contributed by atoms with Gasteiger partial charge in [-0.15, -0.1) is 0 Å². The van der Waals surface area contributed by atoms with Crippen LogP contribution in [0.1, 0.15) is 41.5 Å². The predicted octanol–water partition coefficient (Wildman–Crippen LogP) is 12.3. The van der Waals surface area contributed by atoms with Crippen LogP contribution in [-0.2, 0) is 0 Å². The molecule has 0 aromatic rings. The molecule has 0 aromatic heterocycles. The predicted molar refractivity (Wildman–Crippen MR) is 210 cm³/mol. The lowest BCUT2D eigenvalue weighted by atomic mass is 10.0. The largest absolute Gasteiger partial charge is 0.182 e. The summed E-state index contributed by atoms with van der Waals surface area (Å²) in [5.41, 5.74) is 0. The highest BCUT2D eigenvalue weighted by Gasteiger charge is 2.81. The minimum absolute atomic E-state index is 0.0937. The first-order valence-corrected chi connectivity index (χ1v) is 39.5. The van der Waals surface area contributed by atoms with Crippen molar-refractivity contribution >= 4 is 76.1 Å². The van der Waals surface area contributed by atoms with Gasteiger partial charge in [0, 0.05) is 48.4 Å². The molecule has 224 valence electrons. The lowest BCUT2D eigenvalue weighted by Gasteiger charge is -2.79. The van der Waals surface area contributed by atoms with E-state index in [4.69, 9.17) is 0 Å². The Kier molecular flexibility index (Phi) is 10.5. The van der Waals surface area contributed by atoms with E-state index in [9.17, 15) is 0 Å². The zero-order chi connectivity index (χ0) is 31.3. The zero-order valence-electron chi connectivity index (χ0n) is 31.0. The summed E-state index contributed by atoms with van der Waals surface area (Å²) < 4.78 is 1.32. The quantitative estimate of drug-likeness (QED) is 0.180. The molecule has 0 atom stereocenters. The van der Waals surface area contributed by atoms with E-state index in [2.05, 4.69) is 159 Å². The van der Waals surface area contributed by atoms with Crippen LogP contribution in [0.5, 0.6) is 0 Å². The minimum atomic E-state index is -1.52. The van der Waals surface area contributed by atoms with E-state index in [-0.39, 0.29) is 15.4 Å². The highest BCUT2D eigenvalue weighted by molar-refractivity contribution is 8.62. The van der Waals surface area contributed by atoms with Gasteiger partial charge in [-0.05, 0) is 10.3 Å². The van der Waals surface area contributed by atoms with Crippen molar-refractivity contribution in [1.82, 2.24) is 0 Å². The molecule has 1 fully saturated rings. The summed E-state index contributed by atoms with van der Waals surface area (Å²) in [6.45, 7) is 67.1. The first-order valence-electron chi connectivity index (χ1n) is 15.6. The molecule has 0 bridgehead atoms. The summed E-state index contributed by atoms with van der Waals surface area (Å²) in [5, 5.41) is 0.840. The van der Waals surface area contributed by atoms with E-state index in [1.807, 2.05) is 0 Å². The van der Waals surface area contributed by atoms with E-state index in [1.165, 1.54) is 0 Å². The summed E-state index contributed by atoms with van der Waals surface area (Å²) in [6.07, 6.45) is 2.01. The van der Waals surface area contributed by atoms with Crippen molar-refractivity contribution in [3.05, 3.63) is 0 Å². The molecular formula is C28H72B2P2Si6. The Morgan fingerprint density at radius 2 is 0.447 bits per heavy atom. The van der Waals surface area contributed by atoms with E-state index < -0.39 is 48.4 Å². The van der Waals surface area contributed by atoms with Crippen molar-refractivity contribution in [2.24, 2.45) is 0 Å². The molecule has 0 N–H and O–H groups in total. The van der Waals surface area contributed by atoms with E-state index in [1.54, 1.807) is 0 Å². The van der Waals surface area contributed by atoms with Gasteiger partial charge in [0.15, 0.2) is 12.3 Å². The summed E-state index contributed by atoms with van der Waals surface area (Å²) >= 11 is 0. The average molecular weight is 661 g/mol. The molecule has 0 saturated carbocycles. The Morgan fingerprint density at radius 1 is 0.316 bits per heavy atom. The van der Waals surface area contributed by atoms with E-state index >= 15 is 0 Å². The molecule has 0 spiro atoms. The molecule has 10 heteroatoms. The average Bonchev–Trinajstić information content (AvgIpc) is 2.41. The summed E-state index contributed by atoms with van der Waals surface area (Å²) in [7, 11) is -9.30. The van der Waals surface area contributed by atoms with Crippen LogP contribution >= 0.6 is 15.4 Å². The fourth-order valence-corrected chi connectivity index (χ4v) is 101. The van der Waals surface area contributed by atoms with Gasteiger partial charge in [-0.2, -0.15) is 15.4 Å². The van der Waals surface area contributed by atoms with Gasteiger partial charge in [0.2, 0.25) is 0 Å². The highest BCUT2D eigenvalue weighted by atomic mass is 31.2. The van der Waals surface area contributed by atoms with Gasteiger partial charge in [-0.3, -0.25) is 0 Å². The van der Waals surface area contributed by atoms with Gasteiger partial charge < -0.3 is 0 Å². The first-order chi connectivity index (χ1) is 16.0. The SMILES string of the molecule is CC(C)(C)P1B(C([Si](C)(C)C)([Si](C)(C)C)[Si](C)(C)C)P(C(C)(C)C)B1C([Si](C)(C)C)([Si](C)(C)C)[Si](C)(C)C. The van der Waals surface area contributed by atoms with Crippen molar-refractivity contribution in [1.29, 1.82) is 0 Å². The van der Waals surface area contributed by atoms with Gasteiger partial charge in [-0.1, -0.05) is 168 Å². The lowest BCUT2D eigenvalue weighted by molar-refractivity contribution is 0.789. The molecule has 0 radical (unpaired) electrons. The molecule has 1 rings (SSSR count). The fourth-order valence-electron chi connectivity index (χ4n) is 11.8. The maximum atomic E-state index is 2.83. The maximum Gasteiger partial charge on any atom is 0.182 e. The maximum absolute atomic E-state index is 2.83. The second-order valence-corrected chi connectivity index (χ2v) is 62.9. The van der Waals surface area contributed by atoms with Crippen molar-refractivity contribution in [2.45, 2.75) is 178 Å². The Labute approximate surface area is 252 Å². The molecule has 0 aromatic carbocycles. The molecule has 1 saturated heterocycles. The Hall–Kier alpha value is 2.29. The van der Waals surface area contributed by atoms with Crippen LogP contribution in [0.4, 0.5) is 0 Å². The van der Waals surface area contributed by atoms with Crippen LogP contribution in [0.25, 0.3) is 0 Å². The van der Waals surface area contributed by atoms with Gasteiger partial charge >= 0.3 is 0 Å². The molecule has 38 heavy (non-hydrogen) atoms. The van der Waals surface area contributed by atoms with Crippen LogP contribution in [-0.4, -0.2) is 71.1 Å². The smallest absolute Gasteiger partial charge is 0.157 e. The van der Waals surface area contributed by atoms with Gasteiger partial charge in [0.25, 0.3) is 0 Å². The van der Waals surface area contributed by atoms with Gasteiger partial charge in [0.05, 0.1) is 0 Å². The van der Waals surface area contributed by atoms with Gasteiger partial charge in [0.1, 0.15) is 0 Å². The van der Waals surface area contributed by atoms with Crippen LogP contribution < -0.4 is 0 Å². The Bertz CT molecular complexity index is 702. The van der Waals surface area contributed by atoms with Crippen molar-refractivity contribution in [3.63, 3.8) is 0 Å².